The van der Waals surface area contributed by atoms with Gasteiger partial charge in [-0.05, 0) is 62.4 Å². The van der Waals surface area contributed by atoms with E-state index >= 15 is 0 Å². The van der Waals surface area contributed by atoms with E-state index in [1.807, 2.05) is 19.1 Å². The molecule has 0 unspecified atom stereocenters. The van der Waals surface area contributed by atoms with Crippen LogP contribution >= 0.6 is 0 Å². The van der Waals surface area contributed by atoms with E-state index < -0.39 is 18.5 Å². The van der Waals surface area contributed by atoms with Gasteiger partial charge in [-0.1, -0.05) is 0 Å². The maximum Gasteiger partial charge on any atom is 0.306 e. The van der Waals surface area contributed by atoms with Crippen molar-refractivity contribution in [3.8, 4) is 17.2 Å². The number of ketones is 1. The van der Waals surface area contributed by atoms with E-state index in [0.29, 0.717) is 23.8 Å². The summed E-state index contributed by atoms with van der Waals surface area (Å²) in [4.78, 5) is 34.0. The Kier molecular flexibility index (Phi) is 8.02. The van der Waals surface area contributed by atoms with Crippen LogP contribution in [0.2, 0.25) is 0 Å². The smallest absolute Gasteiger partial charge is 0.306 e. The summed E-state index contributed by atoms with van der Waals surface area (Å²) >= 11 is 0. The minimum atomic E-state index is -0.579. The number of carbonyl (C=O) groups is 3. The highest BCUT2D eigenvalue weighted by atomic mass is 16.5. The molecule has 0 saturated carbocycles. The lowest BCUT2D eigenvalue weighted by molar-refractivity contribution is -0.148. The number of carbonyl (C=O) groups excluding carboxylic acids is 3. The van der Waals surface area contributed by atoms with Gasteiger partial charge >= 0.3 is 5.97 Å². The molecule has 148 valence electrons. The first-order valence-corrected chi connectivity index (χ1v) is 8.92. The highest BCUT2D eigenvalue weighted by Crippen LogP contribution is 2.25. The monoisotopic (exact) mass is 385 g/mol. The van der Waals surface area contributed by atoms with E-state index in [2.05, 4.69) is 5.32 Å². The Hall–Kier alpha value is -3.35. The van der Waals surface area contributed by atoms with Gasteiger partial charge in [0.15, 0.2) is 6.61 Å². The summed E-state index contributed by atoms with van der Waals surface area (Å²) in [6.45, 7) is 3.51. The SMILES string of the molecule is CCOc1ccc(Oc2ccc(NC(=O)COC(=O)CCC(C)=O)cc2)cc1. The number of hydrogen-bond donors (Lipinski definition) is 1. The number of hydrogen-bond acceptors (Lipinski definition) is 6. The lowest BCUT2D eigenvalue weighted by Crippen LogP contribution is -2.21. The van der Waals surface area contributed by atoms with Gasteiger partial charge in [0.1, 0.15) is 23.0 Å². The molecular formula is C21H23NO6. The Morgan fingerprint density at radius 3 is 2.00 bits per heavy atom. The highest BCUT2D eigenvalue weighted by Gasteiger charge is 2.09. The van der Waals surface area contributed by atoms with Crippen LogP contribution in [0, 0.1) is 0 Å². The van der Waals surface area contributed by atoms with E-state index in [1.165, 1.54) is 6.92 Å². The van der Waals surface area contributed by atoms with Crippen molar-refractivity contribution in [1.82, 2.24) is 0 Å². The van der Waals surface area contributed by atoms with Crippen LogP contribution in [0.1, 0.15) is 26.7 Å². The number of amides is 1. The summed E-state index contributed by atoms with van der Waals surface area (Å²) < 4.78 is 15.9. The highest BCUT2D eigenvalue weighted by molar-refractivity contribution is 5.93. The average molecular weight is 385 g/mol. The normalized spacial score (nSPS) is 10.1. The summed E-state index contributed by atoms with van der Waals surface area (Å²) in [5.41, 5.74) is 0.545. The van der Waals surface area contributed by atoms with Crippen molar-refractivity contribution in [3.63, 3.8) is 0 Å². The molecular weight excluding hydrogens is 362 g/mol. The molecule has 0 fully saturated rings. The Labute approximate surface area is 163 Å². The van der Waals surface area contributed by atoms with Crippen LogP contribution in [0.4, 0.5) is 5.69 Å². The van der Waals surface area contributed by atoms with E-state index in [0.717, 1.165) is 5.75 Å². The molecule has 1 amide bonds. The molecule has 0 spiro atoms. The molecule has 2 aromatic carbocycles. The summed E-state index contributed by atoms with van der Waals surface area (Å²) in [5.74, 6) is 0.903. The first-order chi connectivity index (χ1) is 13.5. The fraction of sp³-hybridized carbons (Fsp3) is 0.286. The average Bonchev–Trinajstić information content (AvgIpc) is 2.68. The molecule has 0 radical (unpaired) electrons. The van der Waals surface area contributed by atoms with E-state index in [1.54, 1.807) is 36.4 Å². The zero-order chi connectivity index (χ0) is 20.4. The predicted octanol–water partition coefficient (Wildman–Crippen LogP) is 3.73. The first kappa shape index (κ1) is 21.0. The van der Waals surface area contributed by atoms with Gasteiger partial charge in [-0.15, -0.1) is 0 Å². The van der Waals surface area contributed by atoms with E-state index in [4.69, 9.17) is 14.2 Å². The number of rotatable bonds is 10. The molecule has 0 aromatic heterocycles. The number of ether oxygens (including phenoxy) is 3. The molecule has 7 heteroatoms. The van der Waals surface area contributed by atoms with Crippen molar-refractivity contribution in [1.29, 1.82) is 0 Å². The Morgan fingerprint density at radius 2 is 1.43 bits per heavy atom. The van der Waals surface area contributed by atoms with Gasteiger partial charge in [-0.3, -0.25) is 9.59 Å². The molecule has 2 rings (SSSR count). The lowest BCUT2D eigenvalue weighted by Gasteiger charge is -2.09. The van der Waals surface area contributed by atoms with Gasteiger partial charge < -0.3 is 24.3 Å². The third-order valence-corrected chi connectivity index (χ3v) is 3.55. The molecule has 0 aliphatic heterocycles. The van der Waals surface area contributed by atoms with Gasteiger partial charge in [0.25, 0.3) is 5.91 Å². The lowest BCUT2D eigenvalue weighted by atomic mass is 10.2. The van der Waals surface area contributed by atoms with Crippen LogP contribution in [0.15, 0.2) is 48.5 Å². The minimum absolute atomic E-state index is 0.0276. The van der Waals surface area contributed by atoms with Crippen LogP contribution in [0.5, 0.6) is 17.2 Å². The van der Waals surface area contributed by atoms with Crippen LogP contribution < -0.4 is 14.8 Å². The third-order valence-electron chi connectivity index (χ3n) is 3.55. The summed E-state index contributed by atoms with van der Waals surface area (Å²) in [6, 6.07) is 14.0. The second-order valence-electron chi connectivity index (χ2n) is 5.94. The van der Waals surface area contributed by atoms with E-state index in [-0.39, 0.29) is 18.6 Å². The minimum Gasteiger partial charge on any atom is -0.494 e. The molecule has 7 nitrogen and oxygen atoms in total. The van der Waals surface area contributed by atoms with Crippen LogP contribution in [0.3, 0.4) is 0 Å². The van der Waals surface area contributed by atoms with Crippen molar-refractivity contribution in [2.24, 2.45) is 0 Å². The summed E-state index contributed by atoms with van der Waals surface area (Å²) in [7, 11) is 0. The number of benzene rings is 2. The number of anilines is 1. The van der Waals surface area contributed by atoms with Gasteiger partial charge in [-0.25, -0.2) is 0 Å². The second-order valence-corrected chi connectivity index (χ2v) is 5.94. The molecule has 28 heavy (non-hydrogen) atoms. The van der Waals surface area contributed by atoms with Crippen LogP contribution in [0.25, 0.3) is 0 Å². The molecule has 0 atom stereocenters. The largest absolute Gasteiger partial charge is 0.494 e. The fourth-order valence-corrected chi connectivity index (χ4v) is 2.21. The van der Waals surface area contributed by atoms with E-state index in [9.17, 15) is 14.4 Å². The Bertz CT molecular complexity index is 799. The zero-order valence-corrected chi connectivity index (χ0v) is 15.9. The van der Waals surface area contributed by atoms with Crippen molar-refractivity contribution in [2.75, 3.05) is 18.5 Å². The molecule has 2 aromatic rings. The Balaban J connectivity index is 1.79. The standard InChI is InChI=1S/C21H23NO6/c1-3-26-17-9-11-19(12-10-17)28-18-7-5-16(6-8-18)22-20(24)14-27-21(25)13-4-15(2)23/h5-12H,3-4,13-14H2,1-2H3,(H,22,24). The van der Waals surface area contributed by atoms with Crippen molar-refractivity contribution in [3.05, 3.63) is 48.5 Å². The van der Waals surface area contributed by atoms with Crippen molar-refractivity contribution < 1.29 is 28.6 Å². The Morgan fingerprint density at radius 1 is 0.857 bits per heavy atom. The number of nitrogens with one attached hydrogen (secondary N) is 1. The van der Waals surface area contributed by atoms with Gasteiger partial charge in [0.2, 0.25) is 0 Å². The third kappa shape index (κ3) is 7.49. The number of Topliss-reactive ketones (excluding diaryl/α,β-unsaturated/α-hetero) is 1. The van der Waals surface area contributed by atoms with Crippen molar-refractivity contribution in [2.45, 2.75) is 26.7 Å². The number of esters is 1. The maximum absolute atomic E-state index is 11.8. The van der Waals surface area contributed by atoms with Crippen LogP contribution in [-0.4, -0.2) is 30.9 Å². The van der Waals surface area contributed by atoms with Gasteiger partial charge in [0.05, 0.1) is 13.0 Å². The molecule has 0 aliphatic carbocycles. The van der Waals surface area contributed by atoms with Gasteiger partial charge in [-0.2, -0.15) is 0 Å². The molecule has 1 N–H and O–H groups in total. The molecule has 0 aliphatic rings. The quantitative estimate of drug-likeness (QED) is 0.627. The fourth-order valence-electron chi connectivity index (χ4n) is 2.21. The predicted molar refractivity (Wildman–Crippen MR) is 104 cm³/mol. The second kappa shape index (κ2) is 10.7. The molecule has 0 saturated heterocycles. The topological polar surface area (TPSA) is 90.9 Å². The first-order valence-electron chi connectivity index (χ1n) is 8.92. The van der Waals surface area contributed by atoms with Crippen molar-refractivity contribution >= 4 is 23.3 Å². The summed E-state index contributed by atoms with van der Waals surface area (Å²) in [6.07, 6.45) is 0.0798. The molecule has 0 bridgehead atoms. The van der Waals surface area contributed by atoms with Crippen LogP contribution in [-0.2, 0) is 19.1 Å². The molecule has 0 heterocycles. The van der Waals surface area contributed by atoms with Gasteiger partial charge in [0, 0.05) is 12.1 Å². The maximum atomic E-state index is 11.8. The zero-order valence-electron chi connectivity index (χ0n) is 15.9. The summed E-state index contributed by atoms with van der Waals surface area (Å²) in [5, 5.41) is 2.62.